The lowest BCUT2D eigenvalue weighted by Gasteiger charge is -2.14. The van der Waals surface area contributed by atoms with E-state index in [1.54, 1.807) is 6.07 Å². The molecule has 0 aliphatic carbocycles. The van der Waals surface area contributed by atoms with Crippen molar-refractivity contribution in [2.24, 2.45) is 0 Å². The first kappa shape index (κ1) is 22.4. The van der Waals surface area contributed by atoms with Crippen LogP contribution in [0.2, 0.25) is 0 Å². The van der Waals surface area contributed by atoms with Gasteiger partial charge in [-0.1, -0.05) is 52.3 Å². The van der Waals surface area contributed by atoms with Crippen molar-refractivity contribution in [3.05, 3.63) is 88.4 Å². The molecule has 0 bridgehead atoms. The Morgan fingerprint density at radius 2 is 1.91 bits per heavy atom. The van der Waals surface area contributed by atoms with Crippen LogP contribution in [0.25, 0.3) is 0 Å². The smallest absolute Gasteiger partial charge is 0.259 e. The highest BCUT2D eigenvalue weighted by atomic mass is 79.9. The summed E-state index contributed by atoms with van der Waals surface area (Å²) in [7, 11) is 0. The van der Waals surface area contributed by atoms with E-state index in [2.05, 4.69) is 33.4 Å². The molecule has 0 spiro atoms. The molecule has 1 aliphatic heterocycles. The summed E-state index contributed by atoms with van der Waals surface area (Å²) < 4.78 is 18.2. The lowest BCUT2D eigenvalue weighted by molar-refractivity contribution is 0.0680. The Labute approximate surface area is 196 Å². The van der Waals surface area contributed by atoms with Crippen LogP contribution in [0.15, 0.2) is 77.3 Å². The number of carbonyl (C=O) groups is 1. The van der Waals surface area contributed by atoms with Crippen LogP contribution in [0.1, 0.15) is 28.8 Å². The van der Waals surface area contributed by atoms with Crippen LogP contribution >= 0.6 is 15.9 Å². The van der Waals surface area contributed by atoms with E-state index >= 15 is 0 Å². The van der Waals surface area contributed by atoms with Crippen molar-refractivity contribution in [2.75, 3.05) is 25.1 Å². The van der Waals surface area contributed by atoms with E-state index in [-0.39, 0.29) is 12.0 Å². The van der Waals surface area contributed by atoms with Gasteiger partial charge in [0.2, 0.25) is 0 Å². The standard InChI is InChI=1S/C26H26BrNO4/c27-20-11-12-25(31-15-13-19-6-2-1-3-7-19)24(16-20)26(29)28-21-8-4-9-22(17-21)32-18-23-10-5-14-30-23/h1-4,6-9,11-12,16-17,23H,5,10,13-15,18H2,(H,28,29). The van der Waals surface area contributed by atoms with Crippen LogP contribution in [0.4, 0.5) is 5.69 Å². The molecular weight excluding hydrogens is 470 g/mol. The number of hydrogen-bond donors (Lipinski definition) is 1. The summed E-state index contributed by atoms with van der Waals surface area (Å²) in [5.74, 6) is 1.01. The summed E-state index contributed by atoms with van der Waals surface area (Å²) in [6.07, 6.45) is 3.01. The van der Waals surface area contributed by atoms with Crippen molar-refractivity contribution in [1.82, 2.24) is 0 Å². The third-order valence-electron chi connectivity index (χ3n) is 5.23. The predicted octanol–water partition coefficient (Wildman–Crippen LogP) is 5.88. The van der Waals surface area contributed by atoms with Crippen molar-refractivity contribution in [3.8, 4) is 11.5 Å². The lowest BCUT2D eigenvalue weighted by atomic mass is 10.1. The number of amides is 1. The van der Waals surface area contributed by atoms with Gasteiger partial charge >= 0.3 is 0 Å². The largest absolute Gasteiger partial charge is 0.492 e. The van der Waals surface area contributed by atoms with Crippen molar-refractivity contribution < 1.29 is 19.0 Å². The van der Waals surface area contributed by atoms with Crippen LogP contribution in [-0.2, 0) is 11.2 Å². The molecule has 3 aromatic carbocycles. The molecule has 1 saturated heterocycles. The third-order valence-corrected chi connectivity index (χ3v) is 5.72. The fraction of sp³-hybridized carbons (Fsp3) is 0.269. The predicted molar refractivity (Wildman–Crippen MR) is 129 cm³/mol. The highest BCUT2D eigenvalue weighted by Crippen LogP contribution is 2.26. The van der Waals surface area contributed by atoms with E-state index in [9.17, 15) is 4.79 Å². The first-order valence-electron chi connectivity index (χ1n) is 10.8. The van der Waals surface area contributed by atoms with Gasteiger partial charge in [0, 0.05) is 29.3 Å². The van der Waals surface area contributed by atoms with E-state index < -0.39 is 0 Å². The molecule has 0 saturated carbocycles. The molecule has 3 aromatic rings. The summed E-state index contributed by atoms with van der Waals surface area (Å²) in [5, 5.41) is 2.95. The second kappa shape index (κ2) is 11.2. The first-order valence-corrected chi connectivity index (χ1v) is 11.6. The molecule has 1 aliphatic rings. The molecule has 4 rings (SSSR count). The van der Waals surface area contributed by atoms with Crippen LogP contribution < -0.4 is 14.8 Å². The van der Waals surface area contributed by atoms with E-state index in [0.717, 1.165) is 30.3 Å². The van der Waals surface area contributed by atoms with Crippen LogP contribution in [0.3, 0.4) is 0 Å². The molecule has 5 nitrogen and oxygen atoms in total. The fourth-order valence-corrected chi connectivity index (χ4v) is 3.92. The minimum Gasteiger partial charge on any atom is -0.492 e. The molecule has 1 amide bonds. The maximum Gasteiger partial charge on any atom is 0.259 e. The summed E-state index contributed by atoms with van der Waals surface area (Å²) >= 11 is 3.45. The minimum absolute atomic E-state index is 0.144. The summed E-state index contributed by atoms with van der Waals surface area (Å²) in [6, 6.07) is 23.0. The van der Waals surface area contributed by atoms with E-state index in [0.29, 0.717) is 36.0 Å². The Hall–Kier alpha value is -2.83. The number of rotatable bonds is 9. The van der Waals surface area contributed by atoms with Crippen LogP contribution in [0.5, 0.6) is 11.5 Å². The van der Waals surface area contributed by atoms with Gasteiger partial charge in [-0.2, -0.15) is 0 Å². The summed E-state index contributed by atoms with van der Waals surface area (Å²) in [5.41, 5.74) is 2.32. The van der Waals surface area contributed by atoms with Crippen LogP contribution in [0, 0.1) is 0 Å². The van der Waals surface area contributed by atoms with Gasteiger partial charge in [0.15, 0.2) is 0 Å². The quantitative estimate of drug-likeness (QED) is 0.402. The molecule has 0 aromatic heterocycles. The Morgan fingerprint density at radius 3 is 2.72 bits per heavy atom. The van der Waals surface area contributed by atoms with Gasteiger partial charge in [-0.15, -0.1) is 0 Å². The molecular formula is C26H26BrNO4. The lowest BCUT2D eigenvalue weighted by Crippen LogP contribution is -2.17. The highest BCUT2D eigenvalue weighted by Gasteiger charge is 2.17. The normalized spacial score (nSPS) is 15.3. The van der Waals surface area contributed by atoms with Gasteiger partial charge in [-0.05, 0) is 48.7 Å². The minimum atomic E-state index is -0.239. The zero-order valence-corrected chi connectivity index (χ0v) is 19.3. The second-order valence-electron chi connectivity index (χ2n) is 7.65. The monoisotopic (exact) mass is 495 g/mol. The van der Waals surface area contributed by atoms with Gasteiger partial charge in [0.1, 0.15) is 18.1 Å². The average molecular weight is 496 g/mol. The number of halogens is 1. The van der Waals surface area contributed by atoms with E-state index in [1.165, 1.54) is 5.56 Å². The van der Waals surface area contributed by atoms with Crippen molar-refractivity contribution >= 4 is 27.5 Å². The van der Waals surface area contributed by atoms with Gasteiger partial charge < -0.3 is 19.5 Å². The molecule has 6 heteroatoms. The second-order valence-corrected chi connectivity index (χ2v) is 8.57. The Morgan fingerprint density at radius 1 is 1.03 bits per heavy atom. The maximum atomic E-state index is 13.0. The SMILES string of the molecule is O=C(Nc1cccc(OCC2CCCO2)c1)c1cc(Br)ccc1OCCc1ccccc1. The molecule has 1 unspecified atom stereocenters. The molecule has 1 fully saturated rings. The molecule has 1 N–H and O–H groups in total. The van der Waals surface area contributed by atoms with E-state index in [1.807, 2.05) is 54.6 Å². The molecule has 1 heterocycles. The Kier molecular flexibility index (Phi) is 7.80. The third kappa shape index (κ3) is 6.34. The zero-order valence-electron chi connectivity index (χ0n) is 17.8. The van der Waals surface area contributed by atoms with Crippen LogP contribution in [-0.4, -0.2) is 31.8 Å². The van der Waals surface area contributed by atoms with Gasteiger partial charge in [-0.3, -0.25) is 4.79 Å². The molecule has 166 valence electrons. The zero-order chi connectivity index (χ0) is 22.2. The summed E-state index contributed by atoms with van der Waals surface area (Å²) in [6.45, 7) is 1.80. The maximum absolute atomic E-state index is 13.0. The summed E-state index contributed by atoms with van der Waals surface area (Å²) in [4.78, 5) is 13.0. The fourth-order valence-electron chi connectivity index (χ4n) is 3.56. The Balaban J connectivity index is 1.39. The average Bonchev–Trinajstić information content (AvgIpc) is 3.33. The van der Waals surface area contributed by atoms with Crippen molar-refractivity contribution in [2.45, 2.75) is 25.4 Å². The van der Waals surface area contributed by atoms with Crippen molar-refractivity contribution in [3.63, 3.8) is 0 Å². The van der Waals surface area contributed by atoms with Gasteiger partial charge in [0.05, 0.1) is 18.3 Å². The number of nitrogens with one attached hydrogen (secondary N) is 1. The number of carbonyl (C=O) groups excluding carboxylic acids is 1. The van der Waals surface area contributed by atoms with Gasteiger partial charge in [0.25, 0.3) is 5.91 Å². The highest BCUT2D eigenvalue weighted by molar-refractivity contribution is 9.10. The molecule has 0 radical (unpaired) electrons. The van der Waals surface area contributed by atoms with Gasteiger partial charge in [-0.25, -0.2) is 0 Å². The molecule has 1 atom stereocenters. The topological polar surface area (TPSA) is 56.8 Å². The number of hydrogen-bond acceptors (Lipinski definition) is 4. The first-order chi connectivity index (χ1) is 15.7. The van der Waals surface area contributed by atoms with E-state index in [4.69, 9.17) is 14.2 Å². The Bertz CT molecular complexity index is 1040. The number of benzene rings is 3. The number of ether oxygens (including phenoxy) is 3. The molecule has 32 heavy (non-hydrogen) atoms. The number of anilines is 1. The van der Waals surface area contributed by atoms with Crippen molar-refractivity contribution in [1.29, 1.82) is 0 Å².